The van der Waals surface area contributed by atoms with Crippen LogP contribution in [0, 0.1) is 6.92 Å². The van der Waals surface area contributed by atoms with Crippen LogP contribution in [0.5, 0.6) is 0 Å². The fourth-order valence-electron chi connectivity index (χ4n) is 3.32. The minimum absolute atomic E-state index is 0.0764. The van der Waals surface area contributed by atoms with Crippen LogP contribution in [0.2, 0.25) is 5.02 Å². The third-order valence-corrected chi connectivity index (χ3v) is 6.18. The number of para-hydroxylation sites is 1. The molecule has 5 nitrogen and oxygen atoms in total. The van der Waals surface area contributed by atoms with Gasteiger partial charge in [-0.1, -0.05) is 41.1 Å². The molecule has 4 rings (SSSR count). The summed E-state index contributed by atoms with van der Waals surface area (Å²) in [5.74, 6) is -0.0764. The molecule has 28 heavy (non-hydrogen) atoms. The van der Waals surface area contributed by atoms with Gasteiger partial charge in [-0.3, -0.25) is 14.6 Å². The Bertz CT molecular complexity index is 985. The van der Waals surface area contributed by atoms with Crippen molar-refractivity contribution < 1.29 is 9.53 Å². The molecule has 146 valence electrons. The molecular formula is C21H22ClN3O2S. The summed E-state index contributed by atoms with van der Waals surface area (Å²) >= 11 is 7.67. The number of halogens is 1. The molecule has 0 unspecified atom stereocenters. The maximum atomic E-state index is 13.3. The van der Waals surface area contributed by atoms with Gasteiger partial charge in [0.05, 0.1) is 23.4 Å². The third-order valence-electron chi connectivity index (χ3n) is 4.90. The summed E-state index contributed by atoms with van der Waals surface area (Å²) in [6, 6.07) is 13.2. The monoisotopic (exact) mass is 415 g/mol. The first-order chi connectivity index (χ1) is 13.6. The zero-order valence-electron chi connectivity index (χ0n) is 15.7. The van der Waals surface area contributed by atoms with Gasteiger partial charge in [-0.05, 0) is 36.8 Å². The second-order valence-corrected chi connectivity index (χ2v) is 8.28. The predicted octanol–water partition coefficient (Wildman–Crippen LogP) is 4.24. The van der Waals surface area contributed by atoms with Gasteiger partial charge < -0.3 is 4.74 Å². The molecule has 1 saturated heterocycles. The molecule has 7 heteroatoms. The highest BCUT2D eigenvalue weighted by atomic mass is 35.5. The van der Waals surface area contributed by atoms with Crippen molar-refractivity contribution in [3.05, 3.63) is 58.6 Å². The van der Waals surface area contributed by atoms with E-state index < -0.39 is 0 Å². The zero-order valence-corrected chi connectivity index (χ0v) is 17.3. The first kappa shape index (κ1) is 19.3. The zero-order chi connectivity index (χ0) is 19.5. The molecule has 1 amide bonds. The number of anilines is 1. The molecule has 0 bridgehead atoms. The Balaban J connectivity index is 1.65. The van der Waals surface area contributed by atoms with E-state index in [1.54, 1.807) is 40.5 Å². The Morgan fingerprint density at radius 3 is 2.79 bits per heavy atom. The fourth-order valence-corrected chi connectivity index (χ4v) is 4.58. The van der Waals surface area contributed by atoms with Gasteiger partial charge in [-0.15, -0.1) is 0 Å². The number of ether oxygens (including phenoxy) is 1. The van der Waals surface area contributed by atoms with E-state index in [4.69, 9.17) is 21.3 Å². The summed E-state index contributed by atoms with van der Waals surface area (Å²) in [6.45, 7) is 6.65. The van der Waals surface area contributed by atoms with E-state index in [1.807, 2.05) is 25.1 Å². The Labute approximate surface area is 173 Å². The van der Waals surface area contributed by atoms with Crippen LogP contribution in [0.4, 0.5) is 5.13 Å². The molecular weight excluding hydrogens is 394 g/mol. The number of fused-ring (bicyclic) bond motifs is 1. The molecule has 0 saturated carbocycles. The van der Waals surface area contributed by atoms with Crippen LogP contribution in [0.25, 0.3) is 10.2 Å². The van der Waals surface area contributed by atoms with Crippen LogP contribution in [-0.2, 0) is 4.74 Å². The number of carbonyl (C=O) groups excluding carboxylic acids is 1. The van der Waals surface area contributed by atoms with Crippen LogP contribution < -0.4 is 4.90 Å². The lowest BCUT2D eigenvalue weighted by Gasteiger charge is -2.29. The van der Waals surface area contributed by atoms with Crippen molar-refractivity contribution in [1.82, 2.24) is 9.88 Å². The molecule has 0 spiro atoms. The van der Waals surface area contributed by atoms with E-state index in [9.17, 15) is 4.79 Å². The number of aromatic nitrogens is 1. The lowest BCUT2D eigenvalue weighted by molar-refractivity contribution is 0.0391. The van der Waals surface area contributed by atoms with Crippen LogP contribution in [0.3, 0.4) is 0 Å². The Kier molecular flexibility index (Phi) is 5.92. The van der Waals surface area contributed by atoms with Gasteiger partial charge in [0, 0.05) is 36.8 Å². The minimum Gasteiger partial charge on any atom is -0.379 e. The van der Waals surface area contributed by atoms with E-state index >= 15 is 0 Å². The molecule has 0 N–H and O–H groups in total. The molecule has 0 aliphatic carbocycles. The number of aryl methyl sites for hydroxylation is 1. The maximum Gasteiger partial charge on any atom is 0.260 e. The predicted molar refractivity (Wildman–Crippen MR) is 115 cm³/mol. The van der Waals surface area contributed by atoms with Crippen molar-refractivity contribution in [1.29, 1.82) is 0 Å². The summed E-state index contributed by atoms with van der Waals surface area (Å²) in [4.78, 5) is 22.2. The average Bonchev–Trinajstić information content (AvgIpc) is 3.14. The largest absolute Gasteiger partial charge is 0.379 e. The van der Waals surface area contributed by atoms with Gasteiger partial charge in [0.15, 0.2) is 5.13 Å². The smallest absolute Gasteiger partial charge is 0.260 e. The van der Waals surface area contributed by atoms with Gasteiger partial charge in [0.2, 0.25) is 0 Å². The van der Waals surface area contributed by atoms with Crippen molar-refractivity contribution in [3.8, 4) is 0 Å². The molecule has 2 aromatic carbocycles. The summed E-state index contributed by atoms with van der Waals surface area (Å²) < 4.78 is 6.52. The molecule has 2 heterocycles. The van der Waals surface area contributed by atoms with E-state index in [1.165, 1.54) is 0 Å². The number of thiazole rings is 1. The van der Waals surface area contributed by atoms with Gasteiger partial charge in [0.1, 0.15) is 0 Å². The lowest BCUT2D eigenvalue weighted by atomic mass is 10.2. The first-order valence-electron chi connectivity index (χ1n) is 9.35. The number of nitrogens with zero attached hydrogens (tertiary/aromatic N) is 3. The second-order valence-electron chi connectivity index (χ2n) is 6.84. The first-order valence-corrected chi connectivity index (χ1v) is 10.5. The second kappa shape index (κ2) is 8.57. The Hall–Kier alpha value is -1.99. The lowest BCUT2D eigenvalue weighted by Crippen LogP contribution is -2.43. The highest BCUT2D eigenvalue weighted by Crippen LogP contribution is 2.31. The SMILES string of the molecule is Cc1cccc2sc(N(CCN3CCOCC3)C(=O)c3cccc(Cl)c3)nc12. The molecule has 1 aliphatic rings. The molecule has 0 radical (unpaired) electrons. The van der Waals surface area contributed by atoms with E-state index in [2.05, 4.69) is 4.90 Å². The standard InChI is InChI=1S/C21H22ClN3O2S/c1-15-4-2-7-18-19(15)23-21(28-18)25(9-8-24-10-12-27-13-11-24)20(26)16-5-3-6-17(22)14-16/h2-7,14H,8-13H2,1H3. The topological polar surface area (TPSA) is 45.7 Å². The third kappa shape index (κ3) is 4.20. The van der Waals surface area contributed by atoms with Crippen molar-refractivity contribution in [2.75, 3.05) is 44.3 Å². The number of morpholine rings is 1. The van der Waals surface area contributed by atoms with Crippen molar-refractivity contribution in [2.45, 2.75) is 6.92 Å². The molecule has 1 aliphatic heterocycles. The van der Waals surface area contributed by atoms with Gasteiger partial charge >= 0.3 is 0 Å². The minimum atomic E-state index is -0.0764. The number of hydrogen-bond acceptors (Lipinski definition) is 5. The molecule has 3 aromatic rings. The van der Waals surface area contributed by atoms with E-state index in [0.29, 0.717) is 17.1 Å². The molecule has 1 aromatic heterocycles. The molecule has 1 fully saturated rings. The quantitative estimate of drug-likeness (QED) is 0.625. The van der Waals surface area contributed by atoms with Crippen LogP contribution >= 0.6 is 22.9 Å². The average molecular weight is 416 g/mol. The summed E-state index contributed by atoms with van der Waals surface area (Å²) in [5.41, 5.74) is 2.64. The van der Waals surface area contributed by atoms with E-state index in [-0.39, 0.29) is 5.91 Å². The molecule has 0 atom stereocenters. The van der Waals surface area contributed by atoms with Crippen molar-refractivity contribution in [2.24, 2.45) is 0 Å². The van der Waals surface area contributed by atoms with Crippen molar-refractivity contribution in [3.63, 3.8) is 0 Å². The summed E-state index contributed by atoms with van der Waals surface area (Å²) in [5, 5.41) is 1.28. The highest BCUT2D eigenvalue weighted by Gasteiger charge is 2.23. The summed E-state index contributed by atoms with van der Waals surface area (Å²) in [6.07, 6.45) is 0. The van der Waals surface area contributed by atoms with Crippen LogP contribution in [0.1, 0.15) is 15.9 Å². The number of carbonyl (C=O) groups is 1. The van der Waals surface area contributed by atoms with E-state index in [0.717, 1.165) is 53.8 Å². The van der Waals surface area contributed by atoms with Gasteiger partial charge in [-0.2, -0.15) is 0 Å². The van der Waals surface area contributed by atoms with Crippen molar-refractivity contribution >= 4 is 44.2 Å². The highest BCUT2D eigenvalue weighted by molar-refractivity contribution is 7.22. The number of amides is 1. The normalized spacial score (nSPS) is 15.1. The number of hydrogen-bond donors (Lipinski definition) is 0. The Morgan fingerprint density at radius 1 is 1.25 bits per heavy atom. The van der Waals surface area contributed by atoms with Gasteiger partial charge in [0.25, 0.3) is 5.91 Å². The Morgan fingerprint density at radius 2 is 2.04 bits per heavy atom. The summed E-state index contributed by atoms with van der Waals surface area (Å²) in [7, 11) is 0. The maximum absolute atomic E-state index is 13.3. The van der Waals surface area contributed by atoms with Crippen LogP contribution in [-0.4, -0.2) is 55.2 Å². The van der Waals surface area contributed by atoms with Crippen LogP contribution in [0.15, 0.2) is 42.5 Å². The number of benzene rings is 2. The number of rotatable bonds is 5. The van der Waals surface area contributed by atoms with Gasteiger partial charge in [-0.25, -0.2) is 4.98 Å². The fraction of sp³-hybridized carbons (Fsp3) is 0.333.